The van der Waals surface area contributed by atoms with Crippen LogP contribution in [0, 0.1) is 0 Å². The van der Waals surface area contributed by atoms with Crippen molar-refractivity contribution in [1.29, 1.82) is 0 Å². The maximum atomic E-state index is 9.73. The maximum Gasteiger partial charge on any atom is 0.190 e. The van der Waals surface area contributed by atoms with Crippen LogP contribution in [0.5, 0.6) is 0 Å². The van der Waals surface area contributed by atoms with Crippen LogP contribution in [-0.2, 0) is 14.2 Å². The molecule has 0 amide bonds. The van der Waals surface area contributed by atoms with Crippen LogP contribution in [0.1, 0.15) is 13.8 Å². The SMILES string of the molecule is CC1(C)O[C@H]2OC(/C=C/O)[C@H](O)[C@H]2O1. The molecule has 5 nitrogen and oxygen atoms in total. The van der Waals surface area contributed by atoms with Gasteiger partial charge in [-0.2, -0.15) is 0 Å². The van der Waals surface area contributed by atoms with E-state index >= 15 is 0 Å². The first-order chi connectivity index (χ1) is 6.53. The van der Waals surface area contributed by atoms with Crippen molar-refractivity contribution in [1.82, 2.24) is 0 Å². The van der Waals surface area contributed by atoms with Gasteiger partial charge < -0.3 is 24.4 Å². The largest absolute Gasteiger partial charge is 0.516 e. The molecule has 4 atom stereocenters. The molecule has 0 aromatic carbocycles. The summed E-state index contributed by atoms with van der Waals surface area (Å²) >= 11 is 0. The quantitative estimate of drug-likeness (QED) is 0.598. The van der Waals surface area contributed by atoms with Crippen LogP contribution >= 0.6 is 0 Å². The number of rotatable bonds is 1. The van der Waals surface area contributed by atoms with E-state index in [0.29, 0.717) is 0 Å². The van der Waals surface area contributed by atoms with Gasteiger partial charge in [-0.3, -0.25) is 0 Å². The summed E-state index contributed by atoms with van der Waals surface area (Å²) in [5.41, 5.74) is 0. The van der Waals surface area contributed by atoms with Gasteiger partial charge in [-0.25, -0.2) is 0 Å². The van der Waals surface area contributed by atoms with Gasteiger partial charge in [0.2, 0.25) is 0 Å². The van der Waals surface area contributed by atoms with Crippen molar-refractivity contribution in [3.05, 3.63) is 12.3 Å². The van der Waals surface area contributed by atoms with Gasteiger partial charge in [0.1, 0.15) is 18.3 Å². The van der Waals surface area contributed by atoms with Gasteiger partial charge in [-0.05, 0) is 19.9 Å². The minimum atomic E-state index is -0.801. The number of hydrogen-bond acceptors (Lipinski definition) is 5. The average Bonchev–Trinajstić information content (AvgIpc) is 2.50. The summed E-state index contributed by atoms with van der Waals surface area (Å²) in [6.45, 7) is 3.52. The second-order valence-electron chi connectivity index (χ2n) is 3.90. The van der Waals surface area contributed by atoms with Crippen molar-refractivity contribution >= 4 is 0 Å². The predicted molar refractivity (Wildman–Crippen MR) is 46.5 cm³/mol. The first kappa shape index (κ1) is 9.92. The van der Waals surface area contributed by atoms with Gasteiger partial charge in [0, 0.05) is 0 Å². The Labute approximate surface area is 81.9 Å². The molecule has 2 rings (SSSR count). The fraction of sp³-hybridized carbons (Fsp3) is 0.778. The molecule has 0 aliphatic carbocycles. The van der Waals surface area contributed by atoms with Crippen LogP contribution in [0.3, 0.4) is 0 Å². The Hall–Kier alpha value is -0.620. The molecule has 2 fully saturated rings. The van der Waals surface area contributed by atoms with Crippen LogP contribution in [0.25, 0.3) is 0 Å². The summed E-state index contributed by atoms with van der Waals surface area (Å²) in [5, 5.41) is 18.3. The molecule has 2 saturated heterocycles. The van der Waals surface area contributed by atoms with Crippen LogP contribution in [-0.4, -0.2) is 40.6 Å². The van der Waals surface area contributed by atoms with Crippen LogP contribution in [0.15, 0.2) is 12.3 Å². The molecule has 2 aliphatic heterocycles. The Morgan fingerprint density at radius 2 is 2.00 bits per heavy atom. The summed E-state index contributed by atoms with van der Waals surface area (Å²) in [6.07, 6.45) is -0.188. The number of aliphatic hydroxyl groups is 2. The Balaban J connectivity index is 2.07. The molecular weight excluding hydrogens is 188 g/mol. The third-order valence-corrected chi connectivity index (χ3v) is 2.33. The lowest BCUT2D eigenvalue weighted by Crippen LogP contribution is -2.33. The van der Waals surface area contributed by atoms with E-state index in [9.17, 15) is 5.11 Å². The number of hydrogen-bond donors (Lipinski definition) is 2. The molecule has 0 saturated carbocycles. The van der Waals surface area contributed by atoms with Crippen molar-refractivity contribution < 1.29 is 24.4 Å². The lowest BCUT2D eigenvalue weighted by atomic mass is 10.1. The highest BCUT2D eigenvalue weighted by Gasteiger charge is 2.53. The summed E-state index contributed by atoms with van der Waals surface area (Å²) in [4.78, 5) is 0. The minimum Gasteiger partial charge on any atom is -0.516 e. The Morgan fingerprint density at radius 1 is 1.29 bits per heavy atom. The highest BCUT2D eigenvalue weighted by atomic mass is 16.8. The highest BCUT2D eigenvalue weighted by molar-refractivity contribution is 5.00. The van der Waals surface area contributed by atoms with E-state index in [4.69, 9.17) is 19.3 Å². The van der Waals surface area contributed by atoms with E-state index in [1.54, 1.807) is 13.8 Å². The second kappa shape index (κ2) is 3.20. The van der Waals surface area contributed by atoms with E-state index < -0.39 is 30.4 Å². The molecule has 0 aromatic rings. The van der Waals surface area contributed by atoms with Crippen molar-refractivity contribution in [2.45, 2.75) is 44.2 Å². The van der Waals surface area contributed by atoms with Crippen LogP contribution in [0.2, 0.25) is 0 Å². The molecule has 5 heteroatoms. The van der Waals surface area contributed by atoms with Gasteiger partial charge in [0.15, 0.2) is 12.1 Å². The summed E-state index contributed by atoms with van der Waals surface area (Å²) < 4.78 is 16.2. The zero-order chi connectivity index (χ0) is 10.3. The summed E-state index contributed by atoms with van der Waals surface area (Å²) in [5.74, 6) is -0.718. The maximum absolute atomic E-state index is 9.73. The average molecular weight is 202 g/mol. The topological polar surface area (TPSA) is 68.2 Å². The third kappa shape index (κ3) is 1.52. The van der Waals surface area contributed by atoms with Crippen LogP contribution in [0.4, 0.5) is 0 Å². The molecular formula is C9H14O5. The van der Waals surface area contributed by atoms with Crippen molar-refractivity contribution in [2.75, 3.05) is 0 Å². The van der Waals surface area contributed by atoms with E-state index in [1.807, 2.05) is 0 Å². The molecule has 80 valence electrons. The minimum absolute atomic E-state index is 0.480. The van der Waals surface area contributed by atoms with E-state index in [-0.39, 0.29) is 0 Å². The fourth-order valence-electron chi connectivity index (χ4n) is 1.76. The van der Waals surface area contributed by atoms with E-state index in [1.165, 1.54) is 6.08 Å². The van der Waals surface area contributed by atoms with Gasteiger partial charge >= 0.3 is 0 Å². The van der Waals surface area contributed by atoms with E-state index in [0.717, 1.165) is 6.26 Å². The molecule has 1 unspecified atom stereocenters. The third-order valence-electron chi connectivity index (χ3n) is 2.33. The first-order valence-electron chi connectivity index (χ1n) is 4.53. The Morgan fingerprint density at radius 3 is 2.57 bits per heavy atom. The number of aliphatic hydroxyl groups excluding tert-OH is 2. The van der Waals surface area contributed by atoms with Gasteiger partial charge in [-0.15, -0.1) is 0 Å². The predicted octanol–water partition coefficient (Wildman–Crippen LogP) is 0.295. The molecule has 14 heavy (non-hydrogen) atoms. The monoisotopic (exact) mass is 202 g/mol. The molecule has 0 bridgehead atoms. The van der Waals surface area contributed by atoms with Gasteiger partial charge in [0.05, 0.1) is 6.26 Å². The molecule has 0 radical (unpaired) electrons. The smallest absolute Gasteiger partial charge is 0.190 e. The first-order valence-corrected chi connectivity index (χ1v) is 4.53. The zero-order valence-electron chi connectivity index (χ0n) is 8.08. The Kier molecular flexibility index (Phi) is 2.27. The Bertz CT molecular complexity index is 250. The van der Waals surface area contributed by atoms with Crippen molar-refractivity contribution in [3.8, 4) is 0 Å². The van der Waals surface area contributed by atoms with Crippen LogP contribution < -0.4 is 0 Å². The normalized spacial score (nSPS) is 45.9. The lowest BCUT2D eigenvalue weighted by Gasteiger charge is -2.21. The molecule has 2 aliphatic rings. The lowest BCUT2D eigenvalue weighted by molar-refractivity contribution is -0.209. The van der Waals surface area contributed by atoms with Gasteiger partial charge in [-0.1, -0.05) is 0 Å². The summed E-state index contributed by atoms with van der Waals surface area (Å²) in [6, 6.07) is 0. The molecule has 2 N–H and O–H groups in total. The summed E-state index contributed by atoms with van der Waals surface area (Å²) in [7, 11) is 0. The fourth-order valence-corrected chi connectivity index (χ4v) is 1.76. The number of fused-ring (bicyclic) bond motifs is 1. The number of ether oxygens (including phenoxy) is 3. The zero-order valence-corrected chi connectivity index (χ0v) is 8.08. The highest BCUT2D eigenvalue weighted by Crippen LogP contribution is 2.37. The van der Waals surface area contributed by atoms with E-state index in [2.05, 4.69) is 0 Å². The standard InChI is InChI=1S/C9H14O5/c1-9(2)13-7-6(11)5(3-4-10)12-8(7)14-9/h3-8,10-11H,1-2H3/b4-3+/t5?,6-,7+,8+/m0/s1. The second-order valence-corrected chi connectivity index (χ2v) is 3.90. The van der Waals surface area contributed by atoms with Crippen molar-refractivity contribution in [3.63, 3.8) is 0 Å². The molecule has 2 heterocycles. The van der Waals surface area contributed by atoms with Crippen molar-refractivity contribution in [2.24, 2.45) is 0 Å². The molecule has 0 aromatic heterocycles. The van der Waals surface area contributed by atoms with Gasteiger partial charge in [0.25, 0.3) is 0 Å². The molecule has 0 spiro atoms.